The Morgan fingerprint density at radius 3 is 0.735 bits per heavy atom. The molecule has 0 saturated heterocycles. The summed E-state index contributed by atoms with van der Waals surface area (Å²) in [5.74, 6) is -2.75. The third kappa shape index (κ3) is 53.2. The number of carboxylic acid groups (broad SMARTS) is 3. The third-order valence-corrected chi connectivity index (χ3v) is 5.20. The topological polar surface area (TPSA) is 120 Å². The Morgan fingerprint density at radius 1 is 0.382 bits per heavy atom. The van der Waals surface area contributed by atoms with Crippen LogP contribution in [0.2, 0.25) is 0 Å². The normalized spacial score (nSPS) is 9.62. The molecule has 0 unspecified atom stereocenters. The molecule has 34 heavy (non-hydrogen) atoms. The monoisotopic (exact) mass is 613 g/mol. The van der Waals surface area contributed by atoms with Crippen molar-refractivity contribution in [3.63, 3.8) is 0 Å². The van der Waals surface area contributed by atoms with E-state index in [2.05, 4.69) is 20.8 Å². The minimum absolute atomic E-state index is 0. The molecular formula is C27H51NdO6. The van der Waals surface area contributed by atoms with E-state index in [1.165, 1.54) is 77.0 Å². The van der Waals surface area contributed by atoms with Crippen LogP contribution in [0, 0.1) is 40.8 Å². The van der Waals surface area contributed by atoms with Crippen molar-refractivity contribution >= 4 is 17.9 Å². The zero-order chi connectivity index (χ0) is 25.6. The Labute approximate surface area is 242 Å². The van der Waals surface area contributed by atoms with E-state index < -0.39 is 17.9 Å². The van der Waals surface area contributed by atoms with Crippen molar-refractivity contribution < 1.29 is 70.5 Å². The molecule has 0 spiro atoms. The molecule has 0 bridgehead atoms. The number of rotatable bonds is 21. The van der Waals surface area contributed by atoms with E-state index in [4.69, 9.17) is 0 Å². The van der Waals surface area contributed by atoms with Gasteiger partial charge in [0.15, 0.2) is 0 Å². The molecule has 0 aromatic heterocycles. The number of carboxylic acids is 3. The molecule has 199 valence electrons. The third-order valence-electron chi connectivity index (χ3n) is 5.20. The van der Waals surface area contributed by atoms with Crippen LogP contribution in [-0.2, 0) is 14.4 Å². The van der Waals surface area contributed by atoms with Crippen molar-refractivity contribution in [3.05, 3.63) is 0 Å². The van der Waals surface area contributed by atoms with E-state index in [0.717, 1.165) is 38.5 Å². The van der Waals surface area contributed by atoms with Crippen LogP contribution in [0.4, 0.5) is 0 Å². The van der Waals surface area contributed by atoms with Gasteiger partial charge in [-0.2, -0.15) is 0 Å². The fraction of sp³-hybridized carbons (Fsp3) is 0.889. The van der Waals surface area contributed by atoms with E-state index >= 15 is 0 Å². The number of carbonyl (C=O) groups excluding carboxylic acids is 3. The van der Waals surface area contributed by atoms with Crippen molar-refractivity contribution in [2.24, 2.45) is 0 Å². The first-order chi connectivity index (χ1) is 15.8. The van der Waals surface area contributed by atoms with Gasteiger partial charge in [-0.3, -0.25) is 0 Å². The largest absolute Gasteiger partial charge is 3.00 e. The number of hydrogen-bond donors (Lipinski definition) is 0. The Morgan fingerprint density at radius 2 is 0.559 bits per heavy atom. The van der Waals surface area contributed by atoms with Crippen LogP contribution in [0.25, 0.3) is 0 Å². The zero-order valence-electron chi connectivity index (χ0n) is 22.3. The van der Waals surface area contributed by atoms with Crippen molar-refractivity contribution in [2.75, 3.05) is 0 Å². The van der Waals surface area contributed by atoms with Crippen LogP contribution in [0.5, 0.6) is 0 Å². The van der Waals surface area contributed by atoms with Gasteiger partial charge >= 0.3 is 40.8 Å². The minimum Gasteiger partial charge on any atom is -0.550 e. The van der Waals surface area contributed by atoms with Gasteiger partial charge in [-0.05, 0) is 38.5 Å². The summed E-state index contributed by atoms with van der Waals surface area (Å²) in [5, 5.41) is 29.9. The molecule has 0 amide bonds. The van der Waals surface area contributed by atoms with Gasteiger partial charge in [-0.25, -0.2) is 0 Å². The van der Waals surface area contributed by atoms with E-state index in [9.17, 15) is 29.7 Å². The van der Waals surface area contributed by atoms with E-state index in [0.29, 0.717) is 0 Å². The first-order valence-electron chi connectivity index (χ1n) is 13.4. The molecule has 0 saturated carbocycles. The van der Waals surface area contributed by atoms with Gasteiger partial charge in [0.2, 0.25) is 0 Å². The second-order valence-corrected chi connectivity index (χ2v) is 8.67. The van der Waals surface area contributed by atoms with Gasteiger partial charge in [-0.1, -0.05) is 117 Å². The van der Waals surface area contributed by atoms with Gasteiger partial charge < -0.3 is 29.7 Å². The molecule has 0 rings (SSSR count). The Hall–Kier alpha value is -0.239. The van der Waals surface area contributed by atoms with Crippen LogP contribution in [0.1, 0.15) is 156 Å². The fourth-order valence-electron chi connectivity index (χ4n) is 3.15. The van der Waals surface area contributed by atoms with Gasteiger partial charge in [-0.15, -0.1) is 0 Å². The smallest absolute Gasteiger partial charge is 0.550 e. The predicted octanol–water partition coefficient (Wildman–Crippen LogP) is 4.46. The maximum atomic E-state index is 9.98. The molecule has 7 heteroatoms. The van der Waals surface area contributed by atoms with E-state index in [1.54, 1.807) is 0 Å². The van der Waals surface area contributed by atoms with Crippen LogP contribution < -0.4 is 15.3 Å². The molecule has 0 fully saturated rings. The molecule has 0 aromatic carbocycles. The minimum atomic E-state index is -0.916. The average molecular weight is 616 g/mol. The predicted molar refractivity (Wildman–Crippen MR) is 129 cm³/mol. The maximum absolute atomic E-state index is 9.98. The van der Waals surface area contributed by atoms with E-state index in [1.807, 2.05) is 0 Å². The van der Waals surface area contributed by atoms with Crippen LogP contribution in [0.3, 0.4) is 0 Å². The molecule has 0 aromatic rings. The Balaban J connectivity index is -0.000000196. The van der Waals surface area contributed by atoms with Gasteiger partial charge in [0.1, 0.15) is 0 Å². The van der Waals surface area contributed by atoms with Gasteiger partial charge in [0.05, 0.1) is 0 Å². The summed E-state index contributed by atoms with van der Waals surface area (Å²) in [6.45, 7) is 6.50. The summed E-state index contributed by atoms with van der Waals surface area (Å²) in [7, 11) is 0. The summed E-state index contributed by atoms with van der Waals surface area (Å²) in [6.07, 6.45) is 20.9. The first-order valence-corrected chi connectivity index (χ1v) is 13.4. The molecule has 0 aliphatic carbocycles. The standard InChI is InChI=1S/3C9H18O2.Nd/c3*1-2-3-4-5-6-7-8-9(10)11;/h3*2-8H2,1H3,(H,10,11);/q;;;+3/p-3. The zero-order valence-corrected chi connectivity index (χ0v) is 25.5. The van der Waals surface area contributed by atoms with Gasteiger partial charge in [0.25, 0.3) is 0 Å². The summed E-state index contributed by atoms with van der Waals surface area (Å²) in [5.41, 5.74) is 0. The Kier molecular flexibility index (Phi) is 44.9. The van der Waals surface area contributed by atoms with E-state index in [-0.39, 0.29) is 60.1 Å². The van der Waals surface area contributed by atoms with Crippen molar-refractivity contribution in [3.8, 4) is 0 Å². The second kappa shape index (κ2) is 37.3. The molecule has 0 N–H and O–H groups in total. The number of aliphatic carboxylic acids is 3. The van der Waals surface area contributed by atoms with Crippen molar-refractivity contribution in [1.29, 1.82) is 0 Å². The van der Waals surface area contributed by atoms with Crippen LogP contribution >= 0.6 is 0 Å². The van der Waals surface area contributed by atoms with Crippen molar-refractivity contribution in [1.82, 2.24) is 0 Å². The maximum Gasteiger partial charge on any atom is 3.00 e. The molecule has 0 aliphatic rings. The fourth-order valence-corrected chi connectivity index (χ4v) is 3.15. The molecule has 0 heterocycles. The molecule has 0 aliphatic heterocycles. The summed E-state index contributed by atoms with van der Waals surface area (Å²) >= 11 is 0. The van der Waals surface area contributed by atoms with Crippen LogP contribution in [0.15, 0.2) is 0 Å². The summed E-state index contributed by atoms with van der Waals surface area (Å²) < 4.78 is 0. The summed E-state index contributed by atoms with van der Waals surface area (Å²) in [6, 6.07) is 0. The quantitative estimate of drug-likeness (QED) is 0.176. The second-order valence-electron chi connectivity index (χ2n) is 8.67. The summed E-state index contributed by atoms with van der Waals surface area (Å²) in [4.78, 5) is 29.9. The molecule has 1 radical (unpaired) electrons. The number of unbranched alkanes of at least 4 members (excludes halogenated alkanes) is 15. The molecular weight excluding hydrogens is 565 g/mol. The van der Waals surface area contributed by atoms with Crippen LogP contribution in [-0.4, -0.2) is 17.9 Å². The SMILES string of the molecule is CCCCCCCCC(=O)[O-].CCCCCCCCC(=O)[O-].CCCCCCCCC(=O)[O-].[Nd+3]. The first kappa shape index (κ1) is 40.9. The van der Waals surface area contributed by atoms with Crippen molar-refractivity contribution in [2.45, 2.75) is 156 Å². The Bertz CT molecular complexity index is 368. The number of carbonyl (C=O) groups is 3. The number of hydrogen-bond acceptors (Lipinski definition) is 6. The molecule has 0 atom stereocenters. The van der Waals surface area contributed by atoms with Gasteiger partial charge in [0, 0.05) is 17.9 Å². The molecule has 6 nitrogen and oxygen atoms in total. The average Bonchev–Trinajstić information content (AvgIpc) is 2.76.